The number of likely N-dealkylation sites (tertiary alicyclic amines) is 1. The summed E-state index contributed by atoms with van der Waals surface area (Å²) >= 11 is 0. The van der Waals surface area contributed by atoms with E-state index in [0.717, 1.165) is 31.1 Å². The number of benzene rings is 1. The number of nitrogens with one attached hydrogen (secondary N) is 1. The Kier molecular flexibility index (Phi) is 6.08. The molecule has 1 N–H and O–H groups in total. The van der Waals surface area contributed by atoms with E-state index in [0.29, 0.717) is 60.9 Å². The van der Waals surface area contributed by atoms with Gasteiger partial charge < -0.3 is 19.2 Å². The number of aromatic amines is 1. The van der Waals surface area contributed by atoms with Crippen molar-refractivity contribution in [2.24, 2.45) is 5.92 Å². The maximum atomic E-state index is 13.5. The highest BCUT2D eigenvalue weighted by molar-refractivity contribution is 5.83. The van der Waals surface area contributed by atoms with Gasteiger partial charge in [-0.25, -0.2) is 4.68 Å². The molecule has 190 valence electrons. The number of H-pyrrole nitrogens is 1. The van der Waals surface area contributed by atoms with Crippen LogP contribution in [0.3, 0.4) is 0 Å². The first-order chi connectivity index (χ1) is 17.6. The fourth-order valence-electron chi connectivity index (χ4n) is 5.76. The minimum Gasteiger partial charge on any atom is -0.466 e. The summed E-state index contributed by atoms with van der Waals surface area (Å²) in [6, 6.07) is 5.38. The van der Waals surface area contributed by atoms with Crippen LogP contribution in [0, 0.1) is 5.92 Å². The van der Waals surface area contributed by atoms with Crippen molar-refractivity contribution in [2.75, 3.05) is 26.5 Å². The third-order valence-corrected chi connectivity index (χ3v) is 7.61. The van der Waals surface area contributed by atoms with Gasteiger partial charge in [-0.1, -0.05) is 12.8 Å². The maximum Gasteiger partial charge on any atom is 0.309 e. The number of pyridine rings is 1. The molecule has 0 radical (unpaired) electrons. The molecule has 3 aliphatic rings. The van der Waals surface area contributed by atoms with Crippen LogP contribution >= 0.6 is 0 Å². The summed E-state index contributed by atoms with van der Waals surface area (Å²) in [4.78, 5) is 31.1. The Morgan fingerprint density at radius 2 is 1.89 bits per heavy atom. The average Bonchev–Trinajstić information content (AvgIpc) is 3.65. The molecule has 11 heteroatoms. The predicted molar refractivity (Wildman–Crippen MR) is 129 cm³/mol. The van der Waals surface area contributed by atoms with E-state index in [2.05, 4.69) is 25.4 Å². The molecule has 3 aromatic rings. The number of aromatic nitrogens is 5. The van der Waals surface area contributed by atoms with Gasteiger partial charge in [0.1, 0.15) is 6.04 Å². The van der Waals surface area contributed by atoms with Gasteiger partial charge in [-0.3, -0.25) is 14.5 Å². The van der Waals surface area contributed by atoms with Crippen molar-refractivity contribution in [1.29, 1.82) is 0 Å². The number of carbonyl (C=O) groups is 1. The molecular weight excluding hydrogens is 464 g/mol. The lowest BCUT2D eigenvalue weighted by atomic mass is 9.93. The Bertz CT molecular complexity index is 1320. The molecular formula is C25H30N6O5. The molecule has 1 atom stereocenters. The molecule has 2 aliphatic heterocycles. The van der Waals surface area contributed by atoms with Crippen LogP contribution in [0.5, 0.6) is 11.5 Å². The van der Waals surface area contributed by atoms with Gasteiger partial charge in [0, 0.05) is 30.1 Å². The van der Waals surface area contributed by atoms with Crippen LogP contribution in [0.2, 0.25) is 0 Å². The van der Waals surface area contributed by atoms with Crippen molar-refractivity contribution in [2.45, 2.75) is 57.5 Å². The van der Waals surface area contributed by atoms with Crippen molar-refractivity contribution < 1.29 is 19.0 Å². The van der Waals surface area contributed by atoms with E-state index in [4.69, 9.17) is 14.2 Å². The first kappa shape index (κ1) is 23.0. The topological polar surface area (TPSA) is 124 Å². The second kappa shape index (κ2) is 9.53. The highest BCUT2D eigenvalue weighted by Crippen LogP contribution is 2.38. The molecule has 11 nitrogen and oxygen atoms in total. The monoisotopic (exact) mass is 494 g/mol. The molecule has 1 aliphatic carbocycles. The second-order valence-electron chi connectivity index (χ2n) is 9.73. The number of hydrogen-bond donors (Lipinski definition) is 1. The molecule has 6 rings (SSSR count). The number of nitrogens with zero attached hydrogens (tertiary/aromatic N) is 5. The highest BCUT2D eigenvalue weighted by Gasteiger charge is 2.36. The number of fused-ring (bicyclic) bond motifs is 2. The molecule has 2 aromatic heterocycles. The molecule has 0 spiro atoms. The van der Waals surface area contributed by atoms with Crippen LogP contribution in [0.25, 0.3) is 10.9 Å². The lowest BCUT2D eigenvalue weighted by molar-refractivity contribution is -0.149. The summed E-state index contributed by atoms with van der Waals surface area (Å²) < 4.78 is 18.2. The fraction of sp³-hybridized carbons (Fsp3) is 0.560. The SMILES string of the molecule is CCOC(=O)C1CCN(C(c2cc3cc4c(cc3[nH]c2=O)OCO4)c2nnnn2C2CCCC2)CC1. The molecule has 0 bridgehead atoms. The van der Waals surface area contributed by atoms with Crippen molar-refractivity contribution in [3.63, 3.8) is 0 Å². The third kappa shape index (κ3) is 4.11. The van der Waals surface area contributed by atoms with Crippen LogP contribution in [-0.2, 0) is 9.53 Å². The predicted octanol–water partition coefficient (Wildman–Crippen LogP) is 2.72. The quantitative estimate of drug-likeness (QED) is 0.515. The highest BCUT2D eigenvalue weighted by atomic mass is 16.7. The molecule has 1 saturated heterocycles. The summed E-state index contributed by atoms with van der Waals surface area (Å²) in [5.74, 6) is 1.66. The number of rotatable bonds is 6. The molecule has 0 amide bonds. The van der Waals surface area contributed by atoms with Crippen LogP contribution in [-0.4, -0.2) is 62.5 Å². The Hall–Kier alpha value is -3.47. The van der Waals surface area contributed by atoms with Crippen LogP contribution in [0.4, 0.5) is 0 Å². The van der Waals surface area contributed by atoms with Gasteiger partial charge in [0.05, 0.1) is 24.1 Å². The van der Waals surface area contributed by atoms with E-state index >= 15 is 0 Å². The summed E-state index contributed by atoms with van der Waals surface area (Å²) in [6.07, 6.45) is 5.64. The van der Waals surface area contributed by atoms with Crippen LogP contribution < -0.4 is 15.0 Å². The number of esters is 1. The van der Waals surface area contributed by atoms with Gasteiger partial charge >= 0.3 is 5.97 Å². The first-order valence-electron chi connectivity index (χ1n) is 12.8. The maximum absolute atomic E-state index is 13.5. The van der Waals surface area contributed by atoms with Crippen molar-refractivity contribution in [3.05, 3.63) is 39.9 Å². The number of piperidine rings is 1. The smallest absolute Gasteiger partial charge is 0.309 e. The zero-order valence-corrected chi connectivity index (χ0v) is 20.3. The largest absolute Gasteiger partial charge is 0.466 e. The van der Waals surface area contributed by atoms with Crippen molar-refractivity contribution in [3.8, 4) is 11.5 Å². The molecule has 1 saturated carbocycles. The second-order valence-corrected chi connectivity index (χ2v) is 9.73. The van der Waals surface area contributed by atoms with Gasteiger partial charge in [-0.05, 0) is 55.2 Å². The zero-order chi connectivity index (χ0) is 24.6. The minimum absolute atomic E-state index is 0.137. The summed E-state index contributed by atoms with van der Waals surface area (Å²) in [7, 11) is 0. The molecule has 4 heterocycles. The van der Waals surface area contributed by atoms with Gasteiger partial charge in [-0.15, -0.1) is 5.10 Å². The van der Waals surface area contributed by atoms with E-state index in [1.165, 1.54) is 0 Å². The van der Waals surface area contributed by atoms with Crippen molar-refractivity contribution in [1.82, 2.24) is 30.1 Å². The number of ether oxygens (including phenoxy) is 3. The third-order valence-electron chi connectivity index (χ3n) is 7.61. The summed E-state index contributed by atoms with van der Waals surface area (Å²) in [6.45, 7) is 3.62. The van der Waals surface area contributed by atoms with Gasteiger partial charge in [-0.2, -0.15) is 0 Å². The Labute approximate surface area is 207 Å². The fourth-order valence-corrected chi connectivity index (χ4v) is 5.76. The number of hydrogen-bond acceptors (Lipinski definition) is 9. The normalized spacial score (nSPS) is 19.7. The summed E-state index contributed by atoms with van der Waals surface area (Å²) in [5.41, 5.74) is 1.06. The first-order valence-corrected chi connectivity index (χ1v) is 12.8. The molecule has 1 aromatic carbocycles. The Morgan fingerprint density at radius 3 is 2.64 bits per heavy atom. The molecule has 1 unspecified atom stereocenters. The van der Waals surface area contributed by atoms with E-state index in [9.17, 15) is 9.59 Å². The van der Waals surface area contributed by atoms with E-state index in [1.54, 1.807) is 6.07 Å². The molecule has 2 fully saturated rings. The van der Waals surface area contributed by atoms with Gasteiger partial charge in [0.15, 0.2) is 17.3 Å². The van der Waals surface area contributed by atoms with Gasteiger partial charge in [0.25, 0.3) is 5.56 Å². The minimum atomic E-state index is -0.442. The lowest BCUT2D eigenvalue weighted by Crippen LogP contribution is -2.42. The van der Waals surface area contributed by atoms with E-state index in [-0.39, 0.29) is 30.3 Å². The van der Waals surface area contributed by atoms with Gasteiger partial charge in [0.2, 0.25) is 6.79 Å². The number of tetrazole rings is 1. The van der Waals surface area contributed by atoms with Crippen LogP contribution in [0.1, 0.15) is 68.9 Å². The van der Waals surface area contributed by atoms with Crippen LogP contribution in [0.15, 0.2) is 23.0 Å². The number of carbonyl (C=O) groups excluding carboxylic acids is 1. The van der Waals surface area contributed by atoms with Crippen molar-refractivity contribution >= 4 is 16.9 Å². The Morgan fingerprint density at radius 1 is 1.14 bits per heavy atom. The Balaban J connectivity index is 1.40. The lowest BCUT2D eigenvalue weighted by Gasteiger charge is -2.36. The zero-order valence-electron chi connectivity index (χ0n) is 20.3. The average molecular weight is 495 g/mol. The van der Waals surface area contributed by atoms with E-state index < -0.39 is 6.04 Å². The summed E-state index contributed by atoms with van der Waals surface area (Å²) in [5, 5.41) is 13.7. The molecule has 36 heavy (non-hydrogen) atoms. The standard InChI is InChI=1S/C25H30N6O5/c1-2-34-25(33)15-7-9-30(10-8-15)22(23-27-28-29-31(23)17-5-3-4-6-17)18-11-16-12-20-21(36-14-35-20)13-19(16)26-24(18)32/h11-13,15,17,22H,2-10,14H2,1H3,(H,26,32). The van der Waals surface area contributed by atoms with E-state index in [1.807, 2.05) is 23.7 Å².